The summed E-state index contributed by atoms with van der Waals surface area (Å²) >= 11 is 0. The molecule has 0 aliphatic heterocycles. The fourth-order valence-corrected chi connectivity index (χ4v) is 2.64. The maximum Gasteiger partial charge on any atom is 0.250 e. The lowest BCUT2D eigenvalue weighted by Crippen LogP contribution is -2.15. The van der Waals surface area contributed by atoms with Crippen LogP contribution in [0.5, 0.6) is 0 Å². The minimum absolute atomic E-state index is 0.222. The number of hydrogen-bond acceptors (Lipinski definition) is 5. The van der Waals surface area contributed by atoms with Crippen LogP contribution in [0.15, 0.2) is 36.4 Å². The van der Waals surface area contributed by atoms with Gasteiger partial charge in [0.2, 0.25) is 11.8 Å². The first-order chi connectivity index (χ1) is 11.5. The van der Waals surface area contributed by atoms with E-state index in [1.165, 1.54) is 0 Å². The molecule has 0 saturated heterocycles. The summed E-state index contributed by atoms with van der Waals surface area (Å²) in [6, 6.07) is 9.84. The third kappa shape index (κ3) is 2.78. The zero-order chi connectivity index (χ0) is 17.3. The Hall–Kier alpha value is -3.03. The molecule has 0 fully saturated rings. The summed E-state index contributed by atoms with van der Waals surface area (Å²) in [6.45, 7) is -1.28. The molecule has 0 saturated carbocycles. The highest BCUT2D eigenvalue weighted by Crippen LogP contribution is 2.39. The van der Waals surface area contributed by atoms with Crippen LogP contribution in [-0.4, -0.2) is 41.0 Å². The number of nitrogens with one attached hydrogen (secondary N) is 2. The normalized spacial score (nSPS) is 11.7. The van der Waals surface area contributed by atoms with E-state index in [4.69, 9.17) is 10.2 Å². The highest BCUT2D eigenvalue weighted by atomic mass is 16.3. The van der Waals surface area contributed by atoms with E-state index in [9.17, 15) is 14.4 Å². The molecule has 0 atom stereocenters. The molecule has 0 unspecified atom stereocenters. The number of fused-ring (bicyclic) bond motifs is 3. The van der Waals surface area contributed by atoms with Crippen molar-refractivity contribution in [2.45, 2.75) is 0 Å². The number of carbonyl (C=O) groups is 3. The van der Waals surface area contributed by atoms with Gasteiger partial charge in [-0.1, -0.05) is 12.1 Å². The number of hydrogen-bond donors (Lipinski definition) is 4. The Morgan fingerprint density at radius 3 is 1.54 bits per heavy atom. The lowest BCUT2D eigenvalue weighted by molar-refractivity contribution is -0.119. The molecular formula is C17H14N2O5. The van der Waals surface area contributed by atoms with E-state index < -0.39 is 25.0 Å². The Kier molecular flexibility index (Phi) is 4.11. The van der Waals surface area contributed by atoms with E-state index in [1.54, 1.807) is 36.4 Å². The van der Waals surface area contributed by atoms with Gasteiger partial charge in [-0.2, -0.15) is 0 Å². The standard InChI is InChI=1S/C17H14N2O5/c20-7-15(22)18-9-1-3-11-12-4-2-10(19-16(23)8-21)6-14(12)17(24)13(11)5-9/h1-6,20-21H,7-8H2,(H,18,22)(H,19,23). The Bertz CT molecular complexity index is 791. The van der Waals surface area contributed by atoms with Crippen LogP contribution in [0, 0.1) is 0 Å². The number of benzene rings is 2. The Morgan fingerprint density at radius 1 is 0.750 bits per heavy atom. The molecule has 24 heavy (non-hydrogen) atoms. The lowest BCUT2D eigenvalue weighted by Gasteiger charge is -2.06. The zero-order valence-corrected chi connectivity index (χ0v) is 12.5. The third-order valence-corrected chi connectivity index (χ3v) is 3.67. The van der Waals surface area contributed by atoms with Crippen molar-refractivity contribution in [2.75, 3.05) is 23.8 Å². The average molecular weight is 326 g/mol. The van der Waals surface area contributed by atoms with Gasteiger partial charge in [-0.3, -0.25) is 14.4 Å². The molecule has 1 aliphatic carbocycles. The van der Waals surface area contributed by atoms with Gasteiger partial charge < -0.3 is 20.8 Å². The summed E-state index contributed by atoms with van der Waals surface area (Å²) in [5.41, 5.74) is 3.18. The van der Waals surface area contributed by atoms with Gasteiger partial charge in [0.15, 0.2) is 5.78 Å². The molecule has 2 aromatic rings. The fourth-order valence-electron chi connectivity index (χ4n) is 2.64. The molecule has 1 aliphatic rings. The molecule has 7 heteroatoms. The van der Waals surface area contributed by atoms with Gasteiger partial charge in [-0.25, -0.2) is 0 Å². The van der Waals surface area contributed by atoms with Crippen molar-refractivity contribution in [3.63, 3.8) is 0 Å². The predicted octanol–water partition coefficient (Wildman–Crippen LogP) is 0.760. The second-order valence-electron chi connectivity index (χ2n) is 5.26. The molecule has 2 aromatic carbocycles. The maximum absolute atomic E-state index is 12.6. The maximum atomic E-state index is 12.6. The topological polar surface area (TPSA) is 116 Å². The van der Waals surface area contributed by atoms with Crippen LogP contribution in [0.25, 0.3) is 11.1 Å². The first kappa shape index (κ1) is 15.9. The van der Waals surface area contributed by atoms with Crippen molar-refractivity contribution in [2.24, 2.45) is 0 Å². The summed E-state index contributed by atoms with van der Waals surface area (Å²) in [4.78, 5) is 35.1. The Labute approximate surface area is 136 Å². The van der Waals surface area contributed by atoms with Crippen LogP contribution < -0.4 is 10.6 Å². The van der Waals surface area contributed by atoms with Gasteiger partial charge in [0, 0.05) is 22.5 Å². The van der Waals surface area contributed by atoms with Crippen LogP contribution in [0.4, 0.5) is 11.4 Å². The van der Waals surface area contributed by atoms with E-state index in [1.807, 2.05) is 0 Å². The molecule has 0 spiro atoms. The minimum atomic E-state index is -0.640. The molecular weight excluding hydrogens is 312 g/mol. The largest absolute Gasteiger partial charge is 0.387 e. The molecule has 7 nitrogen and oxygen atoms in total. The van der Waals surface area contributed by atoms with Gasteiger partial charge in [0.25, 0.3) is 0 Å². The molecule has 0 radical (unpaired) electrons. The summed E-state index contributed by atoms with van der Waals surface area (Å²) in [5.74, 6) is -1.35. The average Bonchev–Trinajstić information content (AvgIpc) is 2.87. The summed E-state index contributed by atoms with van der Waals surface area (Å²) in [5, 5.41) is 22.5. The first-order valence-corrected chi connectivity index (χ1v) is 7.18. The highest BCUT2D eigenvalue weighted by Gasteiger charge is 2.27. The Morgan fingerprint density at radius 2 is 1.17 bits per heavy atom. The Balaban J connectivity index is 1.95. The van der Waals surface area contributed by atoms with Crippen molar-refractivity contribution in [3.05, 3.63) is 47.5 Å². The number of anilines is 2. The third-order valence-electron chi connectivity index (χ3n) is 3.67. The van der Waals surface area contributed by atoms with Crippen LogP contribution >= 0.6 is 0 Å². The monoisotopic (exact) mass is 326 g/mol. The van der Waals surface area contributed by atoms with Crippen LogP contribution in [0.1, 0.15) is 15.9 Å². The minimum Gasteiger partial charge on any atom is -0.387 e. The van der Waals surface area contributed by atoms with E-state index in [0.717, 1.165) is 11.1 Å². The molecule has 0 bridgehead atoms. The quantitative estimate of drug-likeness (QED) is 0.565. The fraction of sp³-hybridized carbons (Fsp3) is 0.118. The van der Waals surface area contributed by atoms with Crippen molar-refractivity contribution in [1.82, 2.24) is 0 Å². The van der Waals surface area contributed by atoms with Gasteiger partial charge >= 0.3 is 0 Å². The molecule has 3 rings (SSSR count). The van der Waals surface area contributed by atoms with E-state index in [2.05, 4.69) is 10.6 Å². The summed E-state index contributed by atoms with van der Waals surface area (Å²) in [6.07, 6.45) is 0. The summed E-state index contributed by atoms with van der Waals surface area (Å²) in [7, 11) is 0. The van der Waals surface area contributed by atoms with E-state index >= 15 is 0 Å². The number of aliphatic hydroxyl groups excluding tert-OH is 2. The number of aliphatic hydroxyl groups is 2. The molecule has 0 aromatic heterocycles. The van der Waals surface area contributed by atoms with E-state index in [-0.39, 0.29) is 5.78 Å². The van der Waals surface area contributed by atoms with Gasteiger partial charge in [0.05, 0.1) is 0 Å². The highest BCUT2D eigenvalue weighted by molar-refractivity contribution is 6.22. The first-order valence-electron chi connectivity index (χ1n) is 7.18. The smallest absolute Gasteiger partial charge is 0.250 e. The van der Waals surface area contributed by atoms with Crippen molar-refractivity contribution in [3.8, 4) is 11.1 Å². The SMILES string of the molecule is O=C(CO)Nc1ccc2c(c1)C(=O)c1cc(NC(=O)CO)ccc1-2. The predicted molar refractivity (Wildman–Crippen MR) is 86.7 cm³/mol. The van der Waals surface area contributed by atoms with Gasteiger partial charge in [0.1, 0.15) is 13.2 Å². The van der Waals surface area contributed by atoms with Crippen molar-refractivity contribution < 1.29 is 24.6 Å². The van der Waals surface area contributed by atoms with Crippen LogP contribution in [-0.2, 0) is 9.59 Å². The second-order valence-corrected chi connectivity index (χ2v) is 5.26. The van der Waals surface area contributed by atoms with Crippen molar-refractivity contribution >= 4 is 29.0 Å². The molecule has 2 amide bonds. The zero-order valence-electron chi connectivity index (χ0n) is 12.5. The van der Waals surface area contributed by atoms with Crippen molar-refractivity contribution in [1.29, 1.82) is 0 Å². The number of ketones is 1. The summed E-state index contributed by atoms with van der Waals surface area (Å²) < 4.78 is 0. The lowest BCUT2D eigenvalue weighted by atomic mass is 10.0. The molecule has 0 heterocycles. The number of amides is 2. The second kappa shape index (κ2) is 6.23. The van der Waals surface area contributed by atoms with Gasteiger partial charge in [-0.05, 0) is 35.4 Å². The molecule has 122 valence electrons. The van der Waals surface area contributed by atoms with E-state index in [0.29, 0.717) is 22.5 Å². The number of carbonyl (C=O) groups excluding carboxylic acids is 3. The van der Waals surface area contributed by atoms with Crippen LogP contribution in [0.2, 0.25) is 0 Å². The number of rotatable bonds is 4. The molecule has 4 N–H and O–H groups in total. The van der Waals surface area contributed by atoms with Crippen LogP contribution in [0.3, 0.4) is 0 Å². The van der Waals surface area contributed by atoms with Gasteiger partial charge in [-0.15, -0.1) is 0 Å².